The highest BCUT2D eigenvalue weighted by Gasteiger charge is 2.25. The molecule has 1 aliphatic rings. The van der Waals surface area contributed by atoms with Crippen LogP contribution in [0.5, 0.6) is 0 Å². The standard InChI is InChI=1S/C15H17N5O3/c1-19-13(21)6-5-12(17-19)15(23)16-8-9-20-14(22)7-4-11(18-20)10-2-3-10/h4-7,10H,2-3,8-9H2,1H3,(H,16,23). The maximum Gasteiger partial charge on any atom is 0.271 e. The van der Waals surface area contributed by atoms with Crippen LogP contribution in [0.4, 0.5) is 0 Å². The van der Waals surface area contributed by atoms with Gasteiger partial charge in [0, 0.05) is 31.6 Å². The number of nitrogens with one attached hydrogen (secondary N) is 1. The summed E-state index contributed by atoms with van der Waals surface area (Å²) in [5.74, 6) is 0.0678. The summed E-state index contributed by atoms with van der Waals surface area (Å²) >= 11 is 0. The summed E-state index contributed by atoms with van der Waals surface area (Å²) in [6.45, 7) is 0.543. The maximum atomic E-state index is 12.0. The van der Waals surface area contributed by atoms with Gasteiger partial charge in [-0.05, 0) is 25.0 Å². The molecule has 1 saturated carbocycles. The number of hydrogen-bond donors (Lipinski definition) is 1. The zero-order valence-corrected chi connectivity index (χ0v) is 12.7. The Morgan fingerprint density at radius 3 is 2.61 bits per heavy atom. The van der Waals surface area contributed by atoms with E-state index >= 15 is 0 Å². The summed E-state index contributed by atoms with van der Waals surface area (Å²) in [7, 11) is 1.48. The minimum absolute atomic E-state index is 0.152. The third kappa shape index (κ3) is 3.53. The normalized spacial score (nSPS) is 13.8. The smallest absolute Gasteiger partial charge is 0.271 e. The van der Waals surface area contributed by atoms with Gasteiger partial charge in [-0.2, -0.15) is 10.2 Å². The molecule has 23 heavy (non-hydrogen) atoms. The van der Waals surface area contributed by atoms with Gasteiger partial charge >= 0.3 is 0 Å². The molecule has 120 valence electrons. The molecule has 0 atom stereocenters. The first-order valence-corrected chi connectivity index (χ1v) is 7.45. The molecule has 0 saturated heterocycles. The first-order chi connectivity index (χ1) is 11.0. The minimum atomic E-state index is -0.396. The average Bonchev–Trinajstić information content (AvgIpc) is 3.36. The van der Waals surface area contributed by atoms with Crippen molar-refractivity contribution < 1.29 is 4.79 Å². The second-order valence-corrected chi connectivity index (χ2v) is 5.53. The summed E-state index contributed by atoms with van der Waals surface area (Å²) in [4.78, 5) is 35.0. The minimum Gasteiger partial charge on any atom is -0.349 e. The molecule has 0 aliphatic heterocycles. The van der Waals surface area contributed by atoms with E-state index in [1.54, 1.807) is 6.07 Å². The van der Waals surface area contributed by atoms with Crippen LogP contribution in [0.2, 0.25) is 0 Å². The molecule has 0 bridgehead atoms. The number of rotatable bonds is 5. The lowest BCUT2D eigenvalue weighted by atomic mass is 10.3. The van der Waals surface area contributed by atoms with Crippen LogP contribution >= 0.6 is 0 Å². The van der Waals surface area contributed by atoms with E-state index in [0.29, 0.717) is 5.92 Å². The Balaban J connectivity index is 1.61. The lowest BCUT2D eigenvalue weighted by Crippen LogP contribution is -2.33. The Bertz CT molecular complexity index is 851. The molecule has 3 rings (SSSR count). The first-order valence-electron chi connectivity index (χ1n) is 7.45. The monoisotopic (exact) mass is 315 g/mol. The summed E-state index contributed by atoms with van der Waals surface area (Å²) < 4.78 is 2.46. The van der Waals surface area contributed by atoms with Crippen molar-refractivity contribution in [2.75, 3.05) is 6.54 Å². The Labute approximate surface area is 131 Å². The van der Waals surface area contributed by atoms with Gasteiger partial charge in [0.1, 0.15) is 5.69 Å². The SMILES string of the molecule is Cn1nc(C(=O)NCCn2nc(C3CC3)ccc2=O)ccc1=O. The van der Waals surface area contributed by atoms with Gasteiger partial charge in [0.05, 0.1) is 12.2 Å². The van der Waals surface area contributed by atoms with E-state index in [1.807, 2.05) is 0 Å². The average molecular weight is 315 g/mol. The van der Waals surface area contributed by atoms with E-state index in [-0.39, 0.29) is 29.9 Å². The van der Waals surface area contributed by atoms with E-state index in [0.717, 1.165) is 23.2 Å². The number of carbonyl (C=O) groups is 1. The Morgan fingerprint density at radius 1 is 1.17 bits per heavy atom. The van der Waals surface area contributed by atoms with Crippen LogP contribution in [0.25, 0.3) is 0 Å². The molecule has 8 nitrogen and oxygen atoms in total. The second-order valence-electron chi connectivity index (χ2n) is 5.53. The summed E-state index contributed by atoms with van der Waals surface area (Å²) in [5, 5.41) is 10.9. The molecule has 2 aromatic rings. The van der Waals surface area contributed by atoms with Gasteiger partial charge < -0.3 is 5.32 Å². The number of aromatic nitrogens is 4. The van der Waals surface area contributed by atoms with Crippen LogP contribution in [0, 0.1) is 0 Å². The van der Waals surface area contributed by atoms with Gasteiger partial charge in [-0.3, -0.25) is 14.4 Å². The van der Waals surface area contributed by atoms with E-state index in [9.17, 15) is 14.4 Å². The lowest BCUT2D eigenvalue weighted by molar-refractivity contribution is 0.0944. The molecule has 2 aromatic heterocycles. The highest BCUT2D eigenvalue weighted by molar-refractivity contribution is 5.91. The number of hydrogen-bond acceptors (Lipinski definition) is 5. The van der Waals surface area contributed by atoms with Gasteiger partial charge in [0.25, 0.3) is 17.0 Å². The molecule has 0 radical (unpaired) electrons. The van der Waals surface area contributed by atoms with Crippen molar-refractivity contribution in [1.82, 2.24) is 24.9 Å². The van der Waals surface area contributed by atoms with Gasteiger partial charge in [-0.1, -0.05) is 0 Å². The summed E-state index contributed by atoms with van der Waals surface area (Å²) in [6, 6.07) is 5.93. The fraction of sp³-hybridized carbons (Fsp3) is 0.400. The lowest BCUT2D eigenvalue weighted by Gasteiger charge is -2.08. The molecule has 1 amide bonds. The van der Waals surface area contributed by atoms with Crippen LogP contribution in [0.15, 0.2) is 33.9 Å². The van der Waals surface area contributed by atoms with Gasteiger partial charge in [-0.15, -0.1) is 0 Å². The van der Waals surface area contributed by atoms with E-state index in [2.05, 4.69) is 15.5 Å². The Hall–Kier alpha value is -2.77. The number of nitrogens with zero attached hydrogens (tertiary/aromatic N) is 4. The summed E-state index contributed by atoms with van der Waals surface area (Å²) in [5.41, 5.74) is 0.605. The molecule has 0 unspecified atom stereocenters. The first kappa shape index (κ1) is 15.1. The zero-order valence-electron chi connectivity index (χ0n) is 12.7. The van der Waals surface area contributed by atoms with Crippen molar-refractivity contribution in [2.24, 2.45) is 7.05 Å². The predicted molar refractivity (Wildman–Crippen MR) is 82.3 cm³/mol. The molecular formula is C15H17N5O3. The topological polar surface area (TPSA) is 98.9 Å². The fourth-order valence-corrected chi connectivity index (χ4v) is 2.21. The number of aryl methyl sites for hydroxylation is 1. The zero-order chi connectivity index (χ0) is 16.4. The molecule has 2 heterocycles. The third-order valence-electron chi connectivity index (χ3n) is 3.69. The molecular weight excluding hydrogens is 298 g/mol. The largest absolute Gasteiger partial charge is 0.349 e. The second kappa shape index (κ2) is 6.15. The molecule has 1 N–H and O–H groups in total. The predicted octanol–water partition coefficient (Wildman–Crippen LogP) is -0.356. The quantitative estimate of drug-likeness (QED) is 0.812. The van der Waals surface area contributed by atoms with E-state index in [4.69, 9.17) is 0 Å². The molecule has 0 spiro atoms. The van der Waals surface area contributed by atoms with Crippen molar-refractivity contribution in [3.63, 3.8) is 0 Å². The van der Waals surface area contributed by atoms with Crippen LogP contribution in [0.1, 0.15) is 34.9 Å². The van der Waals surface area contributed by atoms with Crippen molar-refractivity contribution in [3.8, 4) is 0 Å². The van der Waals surface area contributed by atoms with E-state index < -0.39 is 5.91 Å². The maximum absolute atomic E-state index is 12.0. The molecule has 0 aromatic carbocycles. The Morgan fingerprint density at radius 2 is 1.91 bits per heavy atom. The van der Waals surface area contributed by atoms with Crippen molar-refractivity contribution in [1.29, 1.82) is 0 Å². The fourth-order valence-electron chi connectivity index (χ4n) is 2.21. The van der Waals surface area contributed by atoms with Crippen molar-refractivity contribution in [2.45, 2.75) is 25.3 Å². The van der Waals surface area contributed by atoms with Gasteiger partial charge in [0.2, 0.25) is 0 Å². The van der Waals surface area contributed by atoms with Crippen molar-refractivity contribution in [3.05, 3.63) is 56.4 Å². The van der Waals surface area contributed by atoms with Gasteiger partial charge in [-0.25, -0.2) is 9.36 Å². The number of amides is 1. The number of carbonyl (C=O) groups excluding carboxylic acids is 1. The van der Waals surface area contributed by atoms with Gasteiger partial charge in [0.15, 0.2) is 0 Å². The Kier molecular flexibility index (Phi) is 4.05. The van der Waals surface area contributed by atoms with Crippen LogP contribution < -0.4 is 16.4 Å². The highest BCUT2D eigenvalue weighted by Crippen LogP contribution is 2.38. The van der Waals surface area contributed by atoms with Crippen molar-refractivity contribution >= 4 is 5.91 Å². The van der Waals surface area contributed by atoms with Crippen LogP contribution in [-0.4, -0.2) is 32.0 Å². The third-order valence-corrected chi connectivity index (χ3v) is 3.69. The van der Waals surface area contributed by atoms with Crippen LogP contribution in [0.3, 0.4) is 0 Å². The highest BCUT2D eigenvalue weighted by atomic mass is 16.2. The molecule has 1 aliphatic carbocycles. The molecule has 8 heteroatoms. The van der Waals surface area contributed by atoms with E-state index in [1.165, 1.54) is 29.9 Å². The molecule has 1 fully saturated rings. The summed E-state index contributed by atoms with van der Waals surface area (Å²) in [6.07, 6.45) is 2.22. The van der Waals surface area contributed by atoms with Crippen LogP contribution in [-0.2, 0) is 13.6 Å².